The SMILES string of the molecule is C=CCC(NC(=O)[C@@H]1CC(Oc2nccc3cc(OC)ccc23)CN1C(=O)[C@H](CCC(=O)/C(C)=C/C)NC(=O)OC(C)(C)C)C(N)=O. The summed E-state index contributed by atoms with van der Waals surface area (Å²) in [6.07, 6.45) is 3.18. The van der Waals surface area contributed by atoms with Crippen molar-refractivity contribution in [3.05, 3.63) is 54.8 Å². The van der Waals surface area contributed by atoms with Gasteiger partial charge in [0.05, 0.1) is 13.7 Å². The topological polar surface area (TPSA) is 179 Å². The van der Waals surface area contributed by atoms with Crippen molar-refractivity contribution in [2.45, 2.75) is 90.1 Å². The number of carbonyl (C=O) groups excluding carboxylic acids is 5. The first kappa shape index (κ1) is 36.5. The highest BCUT2D eigenvalue weighted by Crippen LogP contribution is 2.30. The molecule has 0 spiro atoms. The highest BCUT2D eigenvalue weighted by atomic mass is 16.6. The molecule has 47 heavy (non-hydrogen) atoms. The van der Waals surface area contributed by atoms with Crippen LogP contribution >= 0.6 is 0 Å². The fourth-order valence-corrected chi connectivity index (χ4v) is 5.10. The van der Waals surface area contributed by atoms with Crippen LogP contribution in [0.2, 0.25) is 0 Å². The number of hydrogen-bond acceptors (Lipinski definition) is 9. The lowest BCUT2D eigenvalue weighted by Crippen LogP contribution is -2.56. The molecule has 1 saturated heterocycles. The minimum Gasteiger partial charge on any atom is -0.497 e. The summed E-state index contributed by atoms with van der Waals surface area (Å²) in [5, 5.41) is 6.72. The molecular formula is C34H45N5O8. The summed E-state index contributed by atoms with van der Waals surface area (Å²) in [6.45, 7) is 12.0. The number of nitrogens with zero attached hydrogens (tertiary/aromatic N) is 2. The number of Topliss-reactive ketones (excluding diaryl/α,β-unsaturated/α-hetero) is 1. The molecule has 0 aliphatic carbocycles. The average Bonchev–Trinajstić information content (AvgIpc) is 3.44. The third-order valence-electron chi connectivity index (χ3n) is 7.65. The number of fused-ring (bicyclic) bond motifs is 1. The number of methoxy groups -OCH3 is 1. The monoisotopic (exact) mass is 651 g/mol. The summed E-state index contributed by atoms with van der Waals surface area (Å²) in [5.74, 6) is -1.27. The van der Waals surface area contributed by atoms with Gasteiger partial charge >= 0.3 is 6.09 Å². The van der Waals surface area contributed by atoms with E-state index in [9.17, 15) is 24.0 Å². The second kappa shape index (κ2) is 16.1. The lowest BCUT2D eigenvalue weighted by molar-refractivity contribution is -0.141. The van der Waals surface area contributed by atoms with Gasteiger partial charge in [-0.25, -0.2) is 9.78 Å². The number of carbonyl (C=O) groups is 5. The van der Waals surface area contributed by atoms with Gasteiger partial charge in [-0.3, -0.25) is 19.2 Å². The quantitative estimate of drug-likeness (QED) is 0.204. The maximum absolute atomic E-state index is 14.2. The minimum absolute atomic E-state index is 0.0422. The van der Waals surface area contributed by atoms with Gasteiger partial charge in [0.15, 0.2) is 5.78 Å². The number of hydrogen-bond donors (Lipinski definition) is 3. The number of benzene rings is 1. The van der Waals surface area contributed by atoms with Crippen molar-refractivity contribution in [1.29, 1.82) is 0 Å². The predicted molar refractivity (Wildman–Crippen MR) is 176 cm³/mol. The average molecular weight is 652 g/mol. The molecule has 0 bridgehead atoms. The third kappa shape index (κ3) is 10.0. The Bertz CT molecular complexity index is 1530. The Labute approximate surface area is 274 Å². The number of aromatic nitrogens is 1. The van der Waals surface area contributed by atoms with Crippen LogP contribution in [0.1, 0.15) is 60.3 Å². The van der Waals surface area contributed by atoms with E-state index >= 15 is 0 Å². The van der Waals surface area contributed by atoms with Gasteiger partial charge in [-0.05, 0) is 82.7 Å². The van der Waals surface area contributed by atoms with E-state index in [4.69, 9.17) is 19.9 Å². The molecule has 1 fully saturated rings. The molecule has 1 aliphatic rings. The fraction of sp³-hybridized carbons (Fsp3) is 0.471. The fourth-order valence-electron chi connectivity index (χ4n) is 5.10. The van der Waals surface area contributed by atoms with E-state index in [1.54, 1.807) is 72.2 Å². The van der Waals surface area contributed by atoms with Crippen molar-refractivity contribution in [3.63, 3.8) is 0 Å². The van der Waals surface area contributed by atoms with Crippen LogP contribution in [0.5, 0.6) is 11.6 Å². The Morgan fingerprint density at radius 2 is 1.87 bits per heavy atom. The van der Waals surface area contributed by atoms with Crippen molar-refractivity contribution >= 4 is 40.4 Å². The maximum Gasteiger partial charge on any atom is 0.408 e. The van der Waals surface area contributed by atoms with E-state index in [0.29, 0.717) is 22.6 Å². The smallest absolute Gasteiger partial charge is 0.408 e. The van der Waals surface area contributed by atoms with Crippen LogP contribution in [0.25, 0.3) is 10.8 Å². The number of primary amides is 1. The summed E-state index contributed by atoms with van der Waals surface area (Å²) < 4.78 is 17.0. The van der Waals surface area contributed by atoms with E-state index in [1.807, 2.05) is 6.07 Å². The zero-order valence-electron chi connectivity index (χ0n) is 27.8. The molecule has 2 heterocycles. The first-order chi connectivity index (χ1) is 22.2. The van der Waals surface area contributed by atoms with Crippen LogP contribution in [0.4, 0.5) is 4.79 Å². The molecule has 254 valence electrons. The number of alkyl carbamates (subject to hydrolysis) is 1. The van der Waals surface area contributed by atoms with Crippen molar-refractivity contribution in [1.82, 2.24) is 20.5 Å². The number of rotatable bonds is 14. The number of pyridine rings is 1. The van der Waals surface area contributed by atoms with E-state index in [-0.39, 0.29) is 38.0 Å². The molecule has 4 amide bonds. The standard InChI is InChI=1S/C34H45N5O8/c1-8-10-25(29(35)41)37-30(42)27-18-23(46-31-24-12-11-22(45-7)17-21(24)15-16-36-31)19-39(27)32(43)26(13-14-28(40)20(3)9-2)38-33(44)47-34(4,5)6/h8-9,11-12,15-17,23,25-27H,1,10,13-14,18-19H2,2-7H3,(H2,35,41)(H,37,42)(H,38,44)/b20-9+/t23?,25?,26-,27-/m0/s1. The van der Waals surface area contributed by atoms with Crippen LogP contribution in [0, 0.1) is 0 Å². The van der Waals surface area contributed by atoms with Crippen molar-refractivity contribution in [2.24, 2.45) is 5.73 Å². The number of nitrogens with one attached hydrogen (secondary N) is 2. The normalized spacial score (nSPS) is 17.7. The molecule has 1 aliphatic heterocycles. The number of allylic oxidation sites excluding steroid dienone is 2. The van der Waals surface area contributed by atoms with Crippen molar-refractivity contribution < 1.29 is 38.2 Å². The van der Waals surface area contributed by atoms with Crippen LogP contribution in [-0.4, -0.2) is 83.0 Å². The Balaban J connectivity index is 1.96. The van der Waals surface area contributed by atoms with Gasteiger partial charge in [-0.15, -0.1) is 6.58 Å². The Morgan fingerprint density at radius 1 is 1.15 bits per heavy atom. The second-order valence-electron chi connectivity index (χ2n) is 12.3. The number of ether oxygens (including phenoxy) is 3. The number of ketones is 1. The van der Waals surface area contributed by atoms with Crippen molar-refractivity contribution in [3.8, 4) is 11.6 Å². The molecule has 3 rings (SSSR count). The Hall–Kier alpha value is -4.94. The molecule has 4 atom stereocenters. The van der Waals surface area contributed by atoms with Gasteiger partial charge in [-0.1, -0.05) is 12.2 Å². The van der Waals surface area contributed by atoms with Crippen molar-refractivity contribution in [2.75, 3.05) is 13.7 Å². The Kier molecular flexibility index (Phi) is 12.5. The van der Waals surface area contributed by atoms with E-state index in [1.165, 1.54) is 11.0 Å². The van der Waals surface area contributed by atoms with E-state index < -0.39 is 53.6 Å². The zero-order chi connectivity index (χ0) is 34.9. The lowest BCUT2D eigenvalue weighted by atomic mass is 10.0. The molecule has 2 aromatic rings. The number of likely N-dealkylation sites (tertiary alicyclic amines) is 1. The highest BCUT2D eigenvalue weighted by Gasteiger charge is 2.44. The zero-order valence-corrected chi connectivity index (χ0v) is 27.8. The number of amides is 4. The second-order valence-corrected chi connectivity index (χ2v) is 12.3. The summed E-state index contributed by atoms with van der Waals surface area (Å²) >= 11 is 0. The first-order valence-electron chi connectivity index (χ1n) is 15.4. The summed E-state index contributed by atoms with van der Waals surface area (Å²) in [6, 6.07) is 3.83. The van der Waals surface area contributed by atoms with Gasteiger partial charge in [0, 0.05) is 24.4 Å². The third-order valence-corrected chi connectivity index (χ3v) is 7.65. The van der Waals surface area contributed by atoms with E-state index in [2.05, 4.69) is 22.2 Å². The molecular weight excluding hydrogens is 606 g/mol. The van der Waals surface area contributed by atoms with Crippen LogP contribution in [0.3, 0.4) is 0 Å². The van der Waals surface area contributed by atoms with E-state index in [0.717, 1.165) is 5.39 Å². The summed E-state index contributed by atoms with van der Waals surface area (Å²) in [5.41, 5.74) is 5.16. The van der Waals surface area contributed by atoms with Crippen LogP contribution in [0.15, 0.2) is 54.8 Å². The first-order valence-corrected chi connectivity index (χ1v) is 15.4. The Morgan fingerprint density at radius 3 is 2.49 bits per heavy atom. The molecule has 0 saturated carbocycles. The molecule has 13 heteroatoms. The van der Waals surface area contributed by atoms with Gasteiger partial charge in [-0.2, -0.15) is 0 Å². The number of nitrogens with two attached hydrogens (primary N) is 1. The predicted octanol–water partition coefficient (Wildman–Crippen LogP) is 3.35. The maximum atomic E-state index is 14.2. The molecule has 4 N–H and O–H groups in total. The van der Waals surface area contributed by atoms with Crippen LogP contribution in [-0.2, 0) is 23.9 Å². The highest BCUT2D eigenvalue weighted by molar-refractivity contribution is 5.97. The summed E-state index contributed by atoms with van der Waals surface area (Å²) in [7, 11) is 1.56. The summed E-state index contributed by atoms with van der Waals surface area (Å²) in [4.78, 5) is 71.1. The minimum atomic E-state index is -1.21. The van der Waals surface area contributed by atoms with Gasteiger partial charge < -0.3 is 35.5 Å². The molecule has 2 unspecified atom stereocenters. The van der Waals surface area contributed by atoms with Gasteiger partial charge in [0.25, 0.3) is 0 Å². The van der Waals surface area contributed by atoms with Crippen LogP contribution < -0.4 is 25.8 Å². The molecule has 1 aromatic heterocycles. The molecule has 1 aromatic carbocycles. The largest absolute Gasteiger partial charge is 0.497 e. The molecule has 0 radical (unpaired) electrons. The van der Waals surface area contributed by atoms with Gasteiger partial charge in [0.1, 0.15) is 35.6 Å². The van der Waals surface area contributed by atoms with Gasteiger partial charge in [0.2, 0.25) is 23.6 Å². The molecule has 13 nitrogen and oxygen atoms in total. The lowest BCUT2D eigenvalue weighted by Gasteiger charge is -2.30.